The first-order chi connectivity index (χ1) is 16.4. The standard InChI is InChI=1S/C23H22FN7O3/c1-33-15-11-16(19(24)18(12-15)34-2)17(10-13-4-6-14(7-5-13)20(25)26)21-29-23(32)31(30-21)22-27-8-3-9-28-22/h3-9,11-12,17H,10H2,1-2H3,(H3,25,26)(H,29,30,32). The smallest absolute Gasteiger partial charge is 0.350 e. The van der Waals surface area contributed by atoms with E-state index in [2.05, 4.69) is 20.1 Å². The Bertz CT molecular complexity index is 1370. The van der Waals surface area contributed by atoms with Crippen molar-refractivity contribution in [1.29, 1.82) is 5.41 Å². The number of H-pyrrole nitrogens is 1. The van der Waals surface area contributed by atoms with Gasteiger partial charge in [-0.05, 0) is 24.1 Å². The van der Waals surface area contributed by atoms with Crippen LogP contribution in [0.15, 0.2) is 59.7 Å². The first-order valence-corrected chi connectivity index (χ1v) is 10.2. The van der Waals surface area contributed by atoms with Gasteiger partial charge in [0.05, 0.1) is 20.1 Å². The Morgan fingerprint density at radius 1 is 1.18 bits per heavy atom. The van der Waals surface area contributed by atoms with Crippen molar-refractivity contribution in [3.8, 4) is 17.4 Å². The number of aromatic nitrogens is 5. The number of benzene rings is 2. The van der Waals surface area contributed by atoms with Crippen LogP contribution in [0.4, 0.5) is 4.39 Å². The maximum absolute atomic E-state index is 15.5. The Morgan fingerprint density at radius 3 is 2.50 bits per heavy atom. The van der Waals surface area contributed by atoms with Crippen LogP contribution in [0, 0.1) is 11.2 Å². The summed E-state index contributed by atoms with van der Waals surface area (Å²) in [6.07, 6.45) is 3.25. The summed E-state index contributed by atoms with van der Waals surface area (Å²) >= 11 is 0. The van der Waals surface area contributed by atoms with Gasteiger partial charge in [-0.1, -0.05) is 24.3 Å². The van der Waals surface area contributed by atoms with Crippen LogP contribution in [0.25, 0.3) is 5.95 Å². The predicted octanol–water partition coefficient (Wildman–Crippen LogP) is 2.17. The summed E-state index contributed by atoms with van der Waals surface area (Å²) in [6, 6.07) is 11.6. The topological polar surface area (TPSA) is 145 Å². The maximum Gasteiger partial charge on any atom is 0.350 e. The van der Waals surface area contributed by atoms with Gasteiger partial charge in [0.25, 0.3) is 5.95 Å². The molecule has 2 heterocycles. The third-order valence-electron chi connectivity index (χ3n) is 5.28. The van der Waals surface area contributed by atoms with Crippen molar-refractivity contribution >= 4 is 5.84 Å². The van der Waals surface area contributed by atoms with E-state index in [1.807, 2.05) is 0 Å². The quantitative estimate of drug-likeness (QED) is 0.268. The summed E-state index contributed by atoms with van der Waals surface area (Å²) in [5.74, 6) is -0.689. The van der Waals surface area contributed by atoms with E-state index in [-0.39, 0.29) is 35.3 Å². The van der Waals surface area contributed by atoms with Gasteiger partial charge in [0, 0.05) is 29.6 Å². The minimum atomic E-state index is -0.718. The van der Waals surface area contributed by atoms with Gasteiger partial charge in [0.2, 0.25) is 0 Å². The van der Waals surface area contributed by atoms with Gasteiger partial charge in [-0.2, -0.15) is 0 Å². The number of nitrogen functional groups attached to an aromatic ring is 1. The van der Waals surface area contributed by atoms with Crippen LogP contribution in [0.2, 0.25) is 0 Å². The summed E-state index contributed by atoms with van der Waals surface area (Å²) in [6.45, 7) is 0. The molecule has 4 rings (SSSR count). The van der Waals surface area contributed by atoms with E-state index >= 15 is 4.39 Å². The number of hydrogen-bond acceptors (Lipinski definition) is 7. The third kappa shape index (κ3) is 4.49. The van der Waals surface area contributed by atoms with E-state index in [0.29, 0.717) is 11.3 Å². The molecule has 0 saturated heterocycles. The summed E-state index contributed by atoms with van der Waals surface area (Å²) in [5.41, 5.74) is 6.58. The average molecular weight is 463 g/mol. The summed E-state index contributed by atoms with van der Waals surface area (Å²) in [4.78, 5) is 23.5. The van der Waals surface area contributed by atoms with Gasteiger partial charge in [-0.3, -0.25) is 10.4 Å². The Labute approximate surface area is 193 Å². The first-order valence-electron chi connectivity index (χ1n) is 10.2. The van der Waals surface area contributed by atoms with Crippen molar-refractivity contribution in [2.75, 3.05) is 14.2 Å². The number of aromatic amines is 1. The van der Waals surface area contributed by atoms with E-state index < -0.39 is 17.4 Å². The highest BCUT2D eigenvalue weighted by atomic mass is 19.1. The molecule has 1 unspecified atom stereocenters. The van der Waals surface area contributed by atoms with Crippen LogP contribution in [0.1, 0.15) is 28.4 Å². The minimum Gasteiger partial charge on any atom is -0.497 e. The maximum atomic E-state index is 15.5. The number of nitrogens with two attached hydrogens (primary N) is 1. The Kier molecular flexibility index (Phi) is 6.35. The highest BCUT2D eigenvalue weighted by Gasteiger charge is 2.27. The monoisotopic (exact) mass is 463 g/mol. The van der Waals surface area contributed by atoms with E-state index in [1.54, 1.807) is 36.4 Å². The van der Waals surface area contributed by atoms with E-state index in [4.69, 9.17) is 20.6 Å². The molecule has 0 aliphatic carbocycles. The molecule has 0 spiro atoms. The lowest BCUT2D eigenvalue weighted by atomic mass is 9.90. The van der Waals surface area contributed by atoms with Crippen LogP contribution < -0.4 is 20.9 Å². The number of rotatable bonds is 8. The molecule has 0 bridgehead atoms. The summed E-state index contributed by atoms with van der Waals surface area (Å²) < 4.78 is 27.0. The molecular formula is C23H22FN7O3. The normalized spacial score (nSPS) is 11.7. The number of methoxy groups -OCH3 is 2. The van der Waals surface area contributed by atoms with Gasteiger partial charge in [-0.15, -0.1) is 9.78 Å². The van der Waals surface area contributed by atoms with Crippen molar-refractivity contribution < 1.29 is 13.9 Å². The highest BCUT2D eigenvalue weighted by molar-refractivity contribution is 5.94. The predicted molar refractivity (Wildman–Crippen MR) is 122 cm³/mol. The average Bonchev–Trinajstić information content (AvgIpc) is 3.25. The lowest BCUT2D eigenvalue weighted by molar-refractivity contribution is 0.369. The second kappa shape index (κ2) is 9.53. The van der Waals surface area contributed by atoms with Crippen molar-refractivity contribution in [2.45, 2.75) is 12.3 Å². The number of amidine groups is 1. The minimum absolute atomic E-state index is 0.000509. The van der Waals surface area contributed by atoms with Crippen molar-refractivity contribution in [3.05, 3.63) is 93.7 Å². The van der Waals surface area contributed by atoms with Gasteiger partial charge < -0.3 is 15.2 Å². The highest BCUT2D eigenvalue weighted by Crippen LogP contribution is 2.35. The van der Waals surface area contributed by atoms with Gasteiger partial charge in [0.15, 0.2) is 11.6 Å². The van der Waals surface area contributed by atoms with Crippen LogP contribution in [0.5, 0.6) is 11.5 Å². The summed E-state index contributed by atoms with van der Waals surface area (Å²) in [5, 5.41) is 12.0. The van der Waals surface area contributed by atoms with E-state index in [0.717, 1.165) is 10.2 Å². The van der Waals surface area contributed by atoms with E-state index in [1.165, 1.54) is 32.7 Å². The molecular weight excluding hydrogens is 441 g/mol. The molecule has 0 radical (unpaired) electrons. The number of ether oxygens (including phenoxy) is 2. The molecule has 0 saturated carbocycles. The van der Waals surface area contributed by atoms with Crippen LogP contribution in [-0.4, -0.2) is 44.8 Å². The van der Waals surface area contributed by atoms with Gasteiger partial charge in [-0.25, -0.2) is 19.2 Å². The second-order valence-electron chi connectivity index (χ2n) is 7.38. The van der Waals surface area contributed by atoms with Crippen LogP contribution in [-0.2, 0) is 6.42 Å². The molecule has 174 valence electrons. The molecule has 34 heavy (non-hydrogen) atoms. The van der Waals surface area contributed by atoms with Crippen molar-refractivity contribution in [1.82, 2.24) is 24.7 Å². The fraction of sp³-hybridized carbons (Fsp3) is 0.174. The van der Waals surface area contributed by atoms with Crippen molar-refractivity contribution in [2.24, 2.45) is 5.73 Å². The fourth-order valence-electron chi connectivity index (χ4n) is 3.56. The number of hydrogen-bond donors (Lipinski definition) is 3. The zero-order valence-corrected chi connectivity index (χ0v) is 18.4. The second-order valence-corrected chi connectivity index (χ2v) is 7.38. The first kappa shape index (κ1) is 22.6. The lowest BCUT2D eigenvalue weighted by Crippen LogP contribution is -2.18. The Hall–Kier alpha value is -4.54. The molecule has 0 amide bonds. The number of nitrogens with one attached hydrogen (secondary N) is 2. The zero-order chi connectivity index (χ0) is 24.2. The lowest BCUT2D eigenvalue weighted by Gasteiger charge is -2.18. The molecule has 10 nitrogen and oxygen atoms in total. The molecule has 1 atom stereocenters. The Balaban J connectivity index is 1.84. The molecule has 2 aromatic carbocycles. The van der Waals surface area contributed by atoms with Gasteiger partial charge in [0.1, 0.15) is 17.4 Å². The van der Waals surface area contributed by atoms with Gasteiger partial charge >= 0.3 is 5.69 Å². The van der Waals surface area contributed by atoms with Crippen molar-refractivity contribution in [3.63, 3.8) is 0 Å². The molecule has 4 aromatic rings. The number of halogens is 1. The molecule has 4 N–H and O–H groups in total. The largest absolute Gasteiger partial charge is 0.497 e. The Morgan fingerprint density at radius 2 is 1.88 bits per heavy atom. The van der Waals surface area contributed by atoms with Crippen LogP contribution >= 0.6 is 0 Å². The molecule has 2 aromatic heterocycles. The zero-order valence-electron chi connectivity index (χ0n) is 18.4. The molecule has 0 fully saturated rings. The molecule has 11 heteroatoms. The molecule has 0 aliphatic heterocycles. The van der Waals surface area contributed by atoms with Crippen LogP contribution in [0.3, 0.4) is 0 Å². The SMILES string of the molecule is COc1cc(OC)c(F)c(C(Cc2ccc(C(=N)N)cc2)c2nn(-c3ncccn3)c(=O)[nH]2)c1. The van der Waals surface area contributed by atoms with E-state index in [9.17, 15) is 4.79 Å². The molecule has 0 aliphatic rings. The third-order valence-corrected chi connectivity index (χ3v) is 5.28. The number of nitrogens with zero attached hydrogens (tertiary/aromatic N) is 4. The summed E-state index contributed by atoms with van der Waals surface area (Å²) in [7, 11) is 2.83. The fourth-order valence-corrected chi connectivity index (χ4v) is 3.56.